The first-order valence-corrected chi connectivity index (χ1v) is 5.50. The highest BCUT2D eigenvalue weighted by Crippen LogP contribution is 1.56. The second kappa shape index (κ2) is 30.7. The van der Waals surface area contributed by atoms with E-state index in [2.05, 4.69) is 26.3 Å². The van der Waals surface area contributed by atoms with Gasteiger partial charge in [0.15, 0.2) is 0 Å². The van der Waals surface area contributed by atoms with Gasteiger partial charge in [-0.05, 0) is 0 Å². The zero-order chi connectivity index (χ0) is 19.1. The lowest BCUT2D eigenvalue weighted by molar-refractivity contribution is -0.132. The van der Waals surface area contributed by atoms with Crippen LogP contribution in [-0.2, 0) is 19.2 Å². The van der Waals surface area contributed by atoms with Gasteiger partial charge >= 0.3 is 23.9 Å². The summed E-state index contributed by atoms with van der Waals surface area (Å²) in [6.07, 6.45) is 3.33. The van der Waals surface area contributed by atoms with Crippen LogP contribution in [0.15, 0.2) is 50.6 Å². The van der Waals surface area contributed by atoms with Gasteiger partial charge in [0.25, 0.3) is 0 Å². The van der Waals surface area contributed by atoms with Crippen molar-refractivity contribution in [1.82, 2.24) is 0 Å². The number of rotatable bonds is 4. The number of carboxylic acids is 4. The average Bonchev–Trinajstić information content (AvgIpc) is 2.50. The molecule has 0 bridgehead atoms. The highest BCUT2D eigenvalue weighted by atomic mass is 16.4. The van der Waals surface area contributed by atoms with Gasteiger partial charge in [-0.3, -0.25) is 0 Å². The number of aliphatic carboxylic acids is 4. The van der Waals surface area contributed by atoms with Crippen LogP contribution in [0.1, 0.15) is 13.8 Å². The minimum absolute atomic E-state index is 0.833. The molecule has 0 fully saturated rings. The molecule has 0 unspecified atom stereocenters. The third-order valence-corrected chi connectivity index (χ3v) is 0.698. The summed E-state index contributed by atoms with van der Waals surface area (Å²) in [6.45, 7) is 15.8. The zero-order valence-corrected chi connectivity index (χ0v) is 12.6. The van der Waals surface area contributed by atoms with E-state index >= 15 is 0 Å². The number of carboxylic acid groups (broad SMARTS) is 4. The minimum Gasteiger partial charge on any atom is -0.478 e. The van der Waals surface area contributed by atoms with Gasteiger partial charge in [-0.2, -0.15) is 0 Å². The van der Waals surface area contributed by atoms with Crippen LogP contribution in [-0.4, -0.2) is 44.3 Å². The minimum atomic E-state index is -0.981. The molecule has 4 N–H and O–H groups in total. The lowest BCUT2D eigenvalue weighted by Gasteiger charge is -1.64. The molecule has 0 saturated carbocycles. The maximum absolute atomic E-state index is 9.25. The van der Waals surface area contributed by atoms with E-state index in [1.807, 2.05) is 13.8 Å². The fourth-order valence-corrected chi connectivity index (χ4v) is 0. The standard InChI is InChI=1S/4C3H4O2.C2H6/c4*1-2-3(4)5;1-2/h4*2H,1H2,(H,4,5);1-2H3. The number of carbonyl (C=O) groups is 4. The van der Waals surface area contributed by atoms with Crippen LogP contribution in [0.3, 0.4) is 0 Å². The van der Waals surface area contributed by atoms with E-state index in [1.54, 1.807) is 0 Å². The Hall–Kier alpha value is -3.16. The number of hydrogen-bond donors (Lipinski definition) is 4. The molecule has 8 nitrogen and oxygen atoms in total. The molecule has 126 valence electrons. The maximum Gasteiger partial charge on any atom is 0.327 e. The summed E-state index contributed by atoms with van der Waals surface area (Å²) in [5, 5.41) is 30.4. The lowest BCUT2D eigenvalue weighted by Crippen LogP contribution is -1.82. The summed E-state index contributed by atoms with van der Waals surface area (Å²) >= 11 is 0. The maximum atomic E-state index is 9.25. The SMILES string of the molecule is C=CC(=O)O.C=CC(=O)O.C=CC(=O)O.C=CC(=O)O.CC. The third-order valence-electron chi connectivity index (χ3n) is 0.698. The van der Waals surface area contributed by atoms with Crippen molar-refractivity contribution in [2.24, 2.45) is 0 Å². The Labute approximate surface area is 129 Å². The normalized spacial score (nSPS) is 6.09. The fourth-order valence-electron chi connectivity index (χ4n) is 0. The molecule has 0 aromatic carbocycles. The van der Waals surface area contributed by atoms with Crippen molar-refractivity contribution in [1.29, 1.82) is 0 Å². The lowest BCUT2D eigenvalue weighted by atomic mass is 10.7. The first-order valence-electron chi connectivity index (χ1n) is 5.50. The van der Waals surface area contributed by atoms with Gasteiger partial charge in [-0.15, -0.1) is 0 Å². The molecule has 0 aliphatic heterocycles. The van der Waals surface area contributed by atoms with Crippen LogP contribution in [0.2, 0.25) is 0 Å². The molecule has 0 aliphatic carbocycles. The molecule has 0 spiro atoms. The van der Waals surface area contributed by atoms with Gasteiger partial charge in [0.05, 0.1) is 0 Å². The largest absolute Gasteiger partial charge is 0.478 e. The van der Waals surface area contributed by atoms with Crippen molar-refractivity contribution in [3.05, 3.63) is 50.6 Å². The zero-order valence-electron chi connectivity index (χ0n) is 12.6. The summed E-state index contributed by atoms with van der Waals surface area (Å²) < 4.78 is 0. The van der Waals surface area contributed by atoms with E-state index in [-0.39, 0.29) is 0 Å². The summed E-state index contributed by atoms with van der Waals surface area (Å²) in [7, 11) is 0. The van der Waals surface area contributed by atoms with E-state index in [1.165, 1.54) is 0 Å². The van der Waals surface area contributed by atoms with Crippen LogP contribution in [0, 0.1) is 0 Å². The molecular weight excluding hydrogens is 296 g/mol. The second-order valence-electron chi connectivity index (χ2n) is 2.17. The molecule has 0 radical (unpaired) electrons. The van der Waals surface area contributed by atoms with E-state index in [0.717, 1.165) is 24.3 Å². The smallest absolute Gasteiger partial charge is 0.327 e. The van der Waals surface area contributed by atoms with Gasteiger partial charge in [0.1, 0.15) is 0 Å². The highest BCUT2D eigenvalue weighted by molar-refractivity contribution is 5.79. The molecular formula is C14H22O8. The first kappa shape index (κ1) is 31.3. The molecule has 0 amide bonds. The van der Waals surface area contributed by atoms with Crippen LogP contribution < -0.4 is 0 Å². The van der Waals surface area contributed by atoms with Gasteiger partial charge in [-0.25, -0.2) is 19.2 Å². The van der Waals surface area contributed by atoms with Crippen molar-refractivity contribution in [3.63, 3.8) is 0 Å². The molecule has 0 rings (SSSR count). The molecule has 0 aliphatic rings. The average molecular weight is 318 g/mol. The quantitative estimate of drug-likeness (QED) is 0.575. The Balaban J connectivity index is -0.0000000562. The second-order valence-corrected chi connectivity index (χ2v) is 2.17. The Bertz CT molecular complexity index is 297. The Morgan fingerprint density at radius 2 is 0.591 bits per heavy atom. The van der Waals surface area contributed by atoms with E-state index in [4.69, 9.17) is 20.4 Å². The number of hydrogen-bond acceptors (Lipinski definition) is 4. The first-order chi connectivity index (χ1) is 10.1. The van der Waals surface area contributed by atoms with E-state index in [0.29, 0.717) is 0 Å². The van der Waals surface area contributed by atoms with Crippen LogP contribution >= 0.6 is 0 Å². The van der Waals surface area contributed by atoms with Crippen molar-refractivity contribution in [3.8, 4) is 0 Å². The molecule has 0 saturated heterocycles. The van der Waals surface area contributed by atoms with Gasteiger partial charge in [-0.1, -0.05) is 40.2 Å². The highest BCUT2D eigenvalue weighted by Gasteiger charge is 1.74. The molecule has 0 heterocycles. The molecule has 8 heteroatoms. The van der Waals surface area contributed by atoms with Gasteiger partial charge in [0, 0.05) is 24.3 Å². The summed E-state index contributed by atoms with van der Waals surface area (Å²) in [4.78, 5) is 37.0. The molecule has 0 aromatic heterocycles. The van der Waals surface area contributed by atoms with Crippen molar-refractivity contribution in [2.45, 2.75) is 13.8 Å². The molecule has 0 aromatic rings. The molecule has 0 atom stereocenters. The third kappa shape index (κ3) is 180. The Kier molecular flexibility index (Phi) is 43.7. The predicted molar refractivity (Wildman–Crippen MR) is 82.7 cm³/mol. The van der Waals surface area contributed by atoms with Crippen molar-refractivity contribution >= 4 is 23.9 Å². The topological polar surface area (TPSA) is 149 Å². The summed E-state index contributed by atoms with van der Waals surface area (Å²) in [6, 6.07) is 0. The van der Waals surface area contributed by atoms with Gasteiger partial charge < -0.3 is 20.4 Å². The van der Waals surface area contributed by atoms with E-state index in [9.17, 15) is 19.2 Å². The Morgan fingerprint density at radius 1 is 0.545 bits per heavy atom. The summed E-state index contributed by atoms with van der Waals surface area (Å²) in [5.41, 5.74) is 0. The van der Waals surface area contributed by atoms with Crippen LogP contribution in [0.5, 0.6) is 0 Å². The van der Waals surface area contributed by atoms with Crippen LogP contribution in [0.25, 0.3) is 0 Å². The van der Waals surface area contributed by atoms with Crippen molar-refractivity contribution < 1.29 is 39.6 Å². The molecule has 22 heavy (non-hydrogen) atoms. The monoisotopic (exact) mass is 318 g/mol. The predicted octanol–water partition coefficient (Wildman–Crippen LogP) is 2.05. The van der Waals surface area contributed by atoms with E-state index < -0.39 is 23.9 Å². The van der Waals surface area contributed by atoms with Crippen molar-refractivity contribution in [2.75, 3.05) is 0 Å². The van der Waals surface area contributed by atoms with Crippen LogP contribution in [0.4, 0.5) is 0 Å². The Morgan fingerprint density at radius 3 is 0.591 bits per heavy atom. The van der Waals surface area contributed by atoms with Gasteiger partial charge in [0.2, 0.25) is 0 Å². The summed E-state index contributed by atoms with van der Waals surface area (Å²) in [5.74, 6) is -3.93. The fraction of sp³-hybridized carbons (Fsp3) is 0.143.